The molecule has 0 saturated heterocycles. The Bertz CT molecular complexity index is 273. The Morgan fingerprint density at radius 3 is 2.79 bits per heavy atom. The third-order valence-electron chi connectivity index (χ3n) is 3.13. The van der Waals surface area contributed by atoms with E-state index in [1.807, 2.05) is 6.07 Å². The molecule has 2 unspecified atom stereocenters. The molecule has 0 amide bonds. The van der Waals surface area contributed by atoms with E-state index in [4.69, 9.17) is 0 Å². The van der Waals surface area contributed by atoms with Gasteiger partial charge in [-0.25, -0.2) is 9.97 Å². The van der Waals surface area contributed by atoms with E-state index in [-0.39, 0.29) is 0 Å². The number of anilines is 1. The van der Waals surface area contributed by atoms with Crippen LogP contribution < -0.4 is 5.32 Å². The van der Waals surface area contributed by atoms with E-state index in [1.54, 1.807) is 12.4 Å². The molecule has 1 aliphatic carbocycles. The second-order valence-corrected chi connectivity index (χ2v) is 4.12. The highest BCUT2D eigenvalue weighted by Crippen LogP contribution is 2.30. The molecule has 1 saturated carbocycles. The summed E-state index contributed by atoms with van der Waals surface area (Å²) >= 11 is 0. The highest BCUT2D eigenvalue weighted by Gasteiger charge is 2.22. The fourth-order valence-corrected chi connectivity index (χ4v) is 2.14. The van der Waals surface area contributed by atoms with Gasteiger partial charge in [-0.15, -0.1) is 0 Å². The van der Waals surface area contributed by atoms with Crippen LogP contribution >= 0.6 is 0 Å². The SMILES string of the molecule is CC1CCCC1CNc1ncccn1. The first-order valence-corrected chi connectivity index (χ1v) is 5.37. The summed E-state index contributed by atoms with van der Waals surface area (Å²) in [7, 11) is 0. The molecular weight excluding hydrogens is 174 g/mol. The first-order chi connectivity index (χ1) is 6.86. The Labute approximate surface area is 85.0 Å². The van der Waals surface area contributed by atoms with E-state index in [1.165, 1.54) is 19.3 Å². The quantitative estimate of drug-likeness (QED) is 0.796. The number of nitrogens with zero attached hydrogens (tertiary/aromatic N) is 2. The molecular formula is C11H17N3. The van der Waals surface area contributed by atoms with Crippen molar-refractivity contribution in [3.05, 3.63) is 18.5 Å². The van der Waals surface area contributed by atoms with Gasteiger partial charge >= 0.3 is 0 Å². The number of hydrogen-bond acceptors (Lipinski definition) is 3. The molecule has 2 atom stereocenters. The summed E-state index contributed by atoms with van der Waals surface area (Å²) in [6, 6.07) is 1.84. The zero-order chi connectivity index (χ0) is 9.80. The Balaban J connectivity index is 1.82. The molecule has 0 bridgehead atoms. The normalized spacial score (nSPS) is 26.4. The van der Waals surface area contributed by atoms with Crippen molar-refractivity contribution >= 4 is 5.95 Å². The first-order valence-electron chi connectivity index (χ1n) is 5.37. The lowest BCUT2D eigenvalue weighted by molar-refractivity contribution is 0.439. The van der Waals surface area contributed by atoms with Crippen LogP contribution in [-0.2, 0) is 0 Å². The van der Waals surface area contributed by atoms with Crippen molar-refractivity contribution in [1.82, 2.24) is 9.97 Å². The van der Waals surface area contributed by atoms with Crippen molar-refractivity contribution in [3.8, 4) is 0 Å². The smallest absolute Gasteiger partial charge is 0.222 e. The predicted molar refractivity (Wildman–Crippen MR) is 57.0 cm³/mol. The van der Waals surface area contributed by atoms with Crippen molar-refractivity contribution in [3.63, 3.8) is 0 Å². The average molecular weight is 191 g/mol. The molecule has 1 aromatic heterocycles. The number of nitrogens with one attached hydrogen (secondary N) is 1. The minimum Gasteiger partial charge on any atom is -0.354 e. The standard InChI is InChI=1S/C11H17N3/c1-9-4-2-5-10(9)8-14-11-12-6-3-7-13-11/h3,6-7,9-10H,2,4-5,8H2,1H3,(H,12,13,14). The second kappa shape index (κ2) is 4.40. The van der Waals surface area contributed by atoms with Crippen LogP contribution in [0.1, 0.15) is 26.2 Å². The Morgan fingerprint density at radius 2 is 2.14 bits per heavy atom. The van der Waals surface area contributed by atoms with Gasteiger partial charge < -0.3 is 5.32 Å². The second-order valence-electron chi connectivity index (χ2n) is 4.12. The van der Waals surface area contributed by atoms with E-state index >= 15 is 0 Å². The maximum atomic E-state index is 4.14. The number of rotatable bonds is 3. The molecule has 1 aliphatic rings. The lowest BCUT2D eigenvalue weighted by Crippen LogP contribution is -2.17. The van der Waals surface area contributed by atoms with Crippen LogP contribution in [0.25, 0.3) is 0 Å². The zero-order valence-electron chi connectivity index (χ0n) is 8.61. The van der Waals surface area contributed by atoms with Gasteiger partial charge in [0, 0.05) is 18.9 Å². The van der Waals surface area contributed by atoms with Gasteiger partial charge in [0.2, 0.25) is 5.95 Å². The van der Waals surface area contributed by atoms with Gasteiger partial charge in [0.15, 0.2) is 0 Å². The molecule has 2 rings (SSSR count). The maximum Gasteiger partial charge on any atom is 0.222 e. The van der Waals surface area contributed by atoms with Crippen LogP contribution in [0.3, 0.4) is 0 Å². The van der Waals surface area contributed by atoms with Crippen molar-refractivity contribution in [1.29, 1.82) is 0 Å². The van der Waals surface area contributed by atoms with Gasteiger partial charge in [-0.3, -0.25) is 0 Å². The fraction of sp³-hybridized carbons (Fsp3) is 0.636. The number of hydrogen-bond donors (Lipinski definition) is 1. The lowest BCUT2D eigenvalue weighted by Gasteiger charge is -2.15. The summed E-state index contributed by atoms with van der Waals surface area (Å²) in [6.07, 6.45) is 7.65. The highest BCUT2D eigenvalue weighted by atomic mass is 15.1. The van der Waals surface area contributed by atoms with Crippen molar-refractivity contribution in [2.75, 3.05) is 11.9 Å². The van der Waals surface area contributed by atoms with Gasteiger partial charge in [0.1, 0.15) is 0 Å². The minimum atomic E-state index is 0.756. The van der Waals surface area contributed by atoms with Crippen molar-refractivity contribution < 1.29 is 0 Å². The van der Waals surface area contributed by atoms with Crippen LogP contribution in [0.5, 0.6) is 0 Å². The predicted octanol–water partition coefficient (Wildman–Crippen LogP) is 2.32. The zero-order valence-corrected chi connectivity index (χ0v) is 8.61. The van der Waals surface area contributed by atoms with E-state index in [0.717, 1.165) is 24.3 Å². The molecule has 76 valence electrons. The first kappa shape index (κ1) is 9.44. The van der Waals surface area contributed by atoms with Crippen LogP contribution in [0.4, 0.5) is 5.95 Å². The molecule has 1 heterocycles. The molecule has 0 spiro atoms. The summed E-state index contributed by atoms with van der Waals surface area (Å²) in [4.78, 5) is 8.29. The minimum absolute atomic E-state index is 0.756. The highest BCUT2D eigenvalue weighted by molar-refractivity contribution is 5.22. The van der Waals surface area contributed by atoms with Crippen LogP contribution in [0, 0.1) is 11.8 Å². The Hall–Kier alpha value is -1.12. The summed E-state index contributed by atoms with van der Waals surface area (Å²) in [5.41, 5.74) is 0. The average Bonchev–Trinajstić information content (AvgIpc) is 2.63. The van der Waals surface area contributed by atoms with Crippen LogP contribution in [-0.4, -0.2) is 16.5 Å². The van der Waals surface area contributed by atoms with Crippen molar-refractivity contribution in [2.45, 2.75) is 26.2 Å². The van der Waals surface area contributed by atoms with Crippen molar-refractivity contribution in [2.24, 2.45) is 11.8 Å². The summed E-state index contributed by atoms with van der Waals surface area (Å²) in [5.74, 6) is 2.41. The van der Waals surface area contributed by atoms with Gasteiger partial charge in [0.05, 0.1) is 0 Å². The number of aromatic nitrogens is 2. The lowest BCUT2D eigenvalue weighted by atomic mass is 9.98. The third kappa shape index (κ3) is 2.22. The molecule has 1 fully saturated rings. The molecule has 0 aliphatic heterocycles. The van der Waals surface area contributed by atoms with Crippen LogP contribution in [0.15, 0.2) is 18.5 Å². The maximum absolute atomic E-state index is 4.14. The fourth-order valence-electron chi connectivity index (χ4n) is 2.14. The Kier molecular flexibility index (Phi) is 2.96. The molecule has 1 N–H and O–H groups in total. The summed E-state index contributed by atoms with van der Waals surface area (Å²) in [5, 5.41) is 3.29. The molecule has 1 aromatic rings. The van der Waals surface area contributed by atoms with Gasteiger partial charge in [-0.05, 0) is 24.3 Å². The molecule has 14 heavy (non-hydrogen) atoms. The van der Waals surface area contributed by atoms with E-state index < -0.39 is 0 Å². The molecule has 0 aromatic carbocycles. The van der Waals surface area contributed by atoms with Gasteiger partial charge in [-0.1, -0.05) is 19.8 Å². The Morgan fingerprint density at radius 1 is 1.36 bits per heavy atom. The monoisotopic (exact) mass is 191 g/mol. The summed E-state index contributed by atoms with van der Waals surface area (Å²) in [6.45, 7) is 3.36. The van der Waals surface area contributed by atoms with Gasteiger partial charge in [0.25, 0.3) is 0 Å². The van der Waals surface area contributed by atoms with E-state index in [0.29, 0.717) is 0 Å². The summed E-state index contributed by atoms with van der Waals surface area (Å²) < 4.78 is 0. The molecule has 0 radical (unpaired) electrons. The van der Waals surface area contributed by atoms with E-state index in [2.05, 4.69) is 22.2 Å². The van der Waals surface area contributed by atoms with Crippen LogP contribution in [0.2, 0.25) is 0 Å². The molecule has 3 heteroatoms. The largest absolute Gasteiger partial charge is 0.354 e. The topological polar surface area (TPSA) is 37.8 Å². The van der Waals surface area contributed by atoms with Gasteiger partial charge in [-0.2, -0.15) is 0 Å². The third-order valence-corrected chi connectivity index (χ3v) is 3.13. The van der Waals surface area contributed by atoms with E-state index in [9.17, 15) is 0 Å². The molecule has 3 nitrogen and oxygen atoms in total.